The average molecular weight is 1200 g/mol. The predicted octanol–water partition coefficient (Wildman–Crippen LogP) is 25.9. The van der Waals surface area contributed by atoms with Crippen LogP contribution < -0.4 is 11.1 Å². The lowest BCUT2D eigenvalue weighted by atomic mass is 9.77. The number of benzene rings is 7. The van der Waals surface area contributed by atoms with Gasteiger partial charge in [0.05, 0.1) is 0 Å². The molecule has 0 aliphatic heterocycles. The topological polar surface area (TPSA) is 44.0 Å². The fourth-order valence-corrected chi connectivity index (χ4v) is 16.7. The van der Waals surface area contributed by atoms with Gasteiger partial charge in [-0.2, -0.15) is 0 Å². The monoisotopic (exact) mass is 1200 g/mol. The van der Waals surface area contributed by atoms with Gasteiger partial charge in [-0.15, -0.1) is 0 Å². The highest BCUT2D eigenvalue weighted by Gasteiger charge is 2.30. The van der Waals surface area contributed by atoms with Crippen LogP contribution in [0.4, 0.5) is 0 Å². The van der Waals surface area contributed by atoms with Crippen LogP contribution in [0.25, 0.3) is 86.2 Å². The van der Waals surface area contributed by atoms with E-state index < -0.39 is 0 Å². The van der Waals surface area contributed by atoms with Crippen molar-refractivity contribution in [2.45, 2.75) is 324 Å². The normalized spacial score (nSPS) is 13.3. The molecule has 2 atom stereocenters. The van der Waals surface area contributed by atoms with Crippen molar-refractivity contribution >= 4 is 111 Å². The van der Waals surface area contributed by atoms with E-state index in [1.54, 1.807) is 0 Å². The van der Waals surface area contributed by atoms with Crippen LogP contribution in [0.2, 0.25) is 0 Å². The lowest BCUT2D eigenvalue weighted by Crippen LogP contribution is -2.26. The van der Waals surface area contributed by atoms with E-state index in [2.05, 4.69) is 87.1 Å². The zero-order valence-corrected chi connectivity index (χ0v) is 56.9. The fourth-order valence-electron chi connectivity index (χ4n) is 16.0. The molecule has 6 heteroatoms. The number of unbranched alkanes of at least 4 members (excludes halogenated alkanes) is 30. The number of aromatic nitrogens is 2. The van der Waals surface area contributed by atoms with Gasteiger partial charge in [0.1, 0.15) is 9.28 Å². The number of nitrogens with zero attached hydrogens (tertiary/aromatic N) is 2. The first-order valence-corrected chi connectivity index (χ1v) is 37.5. The van der Waals surface area contributed by atoms with Crippen molar-refractivity contribution in [3.05, 3.63) is 77.5 Å². The van der Waals surface area contributed by atoms with Crippen LogP contribution in [0.3, 0.4) is 0 Å². The molecule has 0 saturated carbocycles. The summed E-state index contributed by atoms with van der Waals surface area (Å²) in [6.45, 7) is 15.2. The second-order valence-electron chi connectivity index (χ2n) is 27.7. The third-order valence-corrected chi connectivity index (χ3v) is 21.8. The van der Waals surface area contributed by atoms with Gasteiger partial charge in [0, 0.05) is 56.2 Å². The van der Waals surface area contributed by atoms with Gasteiger partial charge in [-0.25, -0.2) is 0 Å². The highest BCUT2D eigenvalue weighted by Crippen LogP contribution is 2.53. The van der Waals surface area contributed by atoms with Crippen LogP contribution in [0.15, 0.2) is 46.0 Å². The first kappa shape index (κ1) is 66.4. The van der Waals surface area contributed by atoms with Crippen LogP contribution in [0.1, 0.15) is 310 Å². The quantitative estimate of drug-likeness (QED) is 0.0165. The minimum atomic E-state index is 0.0951. The van der Waals surface area contributed by atoms with E-state index in [4.69, 9.17) is 24.4 Å². The Balaban J connectivity index is 1.22. The lowest BCUT2D eigenvalue weighted by molar-refractivity contribution is 0.352. The molecule has 2 heterocycles. The first-order valence-electron chi connectivity index (χ1n) is 36.7. The maximum atomic E-state index is 15.9. The Bertz CT molecular complexity index is 3470. The van der Waals surface area contributed by atoms with Crippen molar-refractivity contribution < 1.29 is 0 Å². The molecule has 9 aromatic rings. The van der Waals surface area contributed by atoms with E-state index in [-0.39, 0.29) is 11.1 Å². The van der Waals surface area contributed by atoms with Gasteiger partial charge in [0.2, 0.25) is 0 Å². The molecule has 9 rings (SSSR count). The van der Waals surface area contributed by atoms with Gasteiger partial charge in [-0.05, 0) is 142 Å². The molecular weight excluding hydrogens is 1090 g/mol. The SMILES string of the molecule is CCCCCCCCCCC(CCCCCCCC)Cn1c(=O)c2cc3c(CCCCCC)cc4cc5c(=S)n(CC(CCCCCCCC)CCCCCCCCCC)c(=O)c6cc7c(CCCCCC)cc8cc(c1=S)c2c1c8c7c(c65)c4c31. The molecular formula is C80H114N2O2S2. The molecule has 4 nitrogen and oxygen atoms in total. The zero-order chi connectivity index (χ0) is 60.4. The summed E-state index contributed by atoms with van der Waals surface area (Å²) in [6.07, 6.45) is 52.3. The van der Waals surface area contributed by atoms with Gasteiger partial charge in [-0.3, -0.25) is 18.7 Å². The van der Waals surface area contributed by atoms with Crippen LogP contribution in [-0.4, -0.2) is 9.13 Å². The van der Waals surface area contributed by atoms with Crippen molar-refractivity contribution in [1.82, 2.24) is 9.13 Å². The maximum Gasteiger partial charge on any atom is 0.259 e. The van der Waals surface area contributed by atoms with Crippen molar-refractivity contribution in [3.63, 3.8) is 0 Å². The highest BCUT2D eigenvalue weighted by atomic mass is 32.1. The second-order valence-corrected chi connectivity index (χ2v) is 28.5. The Kier molecular flexibility index (Phi) is 26.0. The minimum absolute atomic E-state index is 0.0951. The van der Waals surface area contributed by atoms with E-state index in [1.807, 2.05) is 0 Å². The second kappa shape index (κ2) is 33.7. The van der Waals surface area contributed by atoms with Crippen LogP contribution in [0.5, 0.6) is 0 Å². The molecule has 468 valence electrons. The van der Waals surface area contributed by atoms with Gasteiger partial charge in [0.25, 0.3) is 11.1 Å². The molecule has 0 N–H and O–H groups in total. The van der Waals surface area contributed by atoms with E-state index in [0.717, 1.165) is 83.7 Å². The molecule has 2 aromatic heterocycles. The number of hydrogen-bond donors (Lipinski definition) is 0. The number of hydrogen-bond acceptors (Lipinski definition) is 4. The number of aryl methyl sites for hydroxylation is 2. The lowest BCUT2D eigenvalue weighted by Gasteiger charge is -2.27. The molecule has 0 aliphatic rings. The molecule has 0 fully saturated rings. The third-order valence-electron chi connectivity index (χ3n) is 21.0. The summed E-state index contributed by atoms with van der Waals surface area (Å²) in [7, 11) is 0. The Morgan fingerprint density at radius 2 is 0.570 bits per heavy atom. The maximum absolute atomic E-state index is 15.9. The zero-order valence-electron chi connectivity index (χ0n) is 55.3. The Hall–Kier alpha value is -4.00. The summed E-state index contributed by atoms with van der Waals surface area (Å²) in [6, 6.07) is 14.5. The summed E-state index contributed by atoms with van der Waals surface area (Å²) in [4.78, 5) is 31.7. The van der Waals surface area contributed by atoms with Crippen molar-refractivity contribution in [2.24, 2.45) is 11.8 Å². The molecule has 2 unspecified atom stereocenters. The third kappa shape index (κ3) is 15.4. The Morgan fingerprint density at radius 1 is 0.291 bits per heavy atom. The molecule has 0 amide bonds. The van der Waals surface area contributed by atoms with Gasteiger partial charge >= 0.3 is 0 Å². The molecule has 0 bridgehead atoms. The number of pyridine rings is 2. The summed E-state index contributed by atoms with van der Waals surface area (Å²) >= 11 is 13.5. The molecule has 0 saturated heterocycles. The Labute approximate surface area is 530 Å². The Morgan fingerprint density at radius 3 is 0.872 bits per heavy atom. The smallest absolute Gasteiger partial charge is 0.259 e. The minimum Gasteiger partial charge on any atom is -0.298 e. The standard InChI is InChI=1S/C80H114N2O2S2/c1-7-13-19-25-29-31-35-39-45-57(43-37-33-27-21-15-9-3)55-81-77(83)65-53-63-59(47-41-23-17-11-5)50-62-52-68-72-66(78(84)82(80(68)86)56-58(44-38-34-28-22-16-10-4)46-40-36-32-30-26-20-14-8-2)54-64-60(48-42-24-18-12-6)49-61-51-67(79(81)85)71(65)75-69(61)74(64)76(72)70(62)73(63)75/h49-54,57-58H,7-48,55-56H2,1-6H3. The largest absolute Gasteiger partial charge is 0.298 e. The van der Waals surface area contributed by atoms with Gasteiger partial charge < -0.3 is 0 Å². The fraction of sp³-hybridized carbons (Fsp3) is 0.650. The number of rotatable bonds is 46. The molecule has 7 aromatic carbocycles. The molecule has 86 heavy (non-hydrogen) atoms. The van der Waals surface area contributed by atoms with Gasteiger partial charge in [0.15, 0.2) is 0 Å². The van der Waals surface area contributed by atoms with Crippen molar-refractivity contribution in [1.29, 1.82) is 0 Å². The van der Waals surface area contributed by atoms with Gasteiger partial charge in [-0.1, -0.05) is 296 Å². The van der Waals surface area contributed by atoms with E-state index in [0.29, 0.717) is 34.2 Å². The van der Waals surface area contributed by atoms with E-state index >= 15 is 9.59 Å². The van der Waals surface area contributed by atoms with E-state index in [1.165, 1.54) is 283 Å². The molecule has 0 spiro atoms. The first-order chi connectivity index (χ1) is 42.2. The summed E-state index contributed by atoms with van der Waals surface area (Å²) in [5, 5.41) is 18.2. The van der Waals surface area contributed by atoms with Crippen LogP contribution >= 0.6 is 24.4 Å². The molecule has 0 radical (unpaired) electrons. The van der Waals surface area contributed by atoms with Crippen molar-refractivity contribution in [3.8, 4) is 0 Å². The summed E-state index contributed by atoms with van der Waals surface area (Å²) in [5.74, 6) is 0.834. The van der Waals surface area contributed by atoms with E-state index in [9.17, 15) is 0 Å². The molecule has 0 aliphatic carbocycles. The summed E-state index contributed by atoms with van der Waals surface area (Å²) in [5.41, 5.74) is 2.85. The average Bonchev–Trinajstić information content (AvgIpc) is 0.667. The van der Waals surface area contributed by atoms with Crippen LogP contribution in [-0.2, 0) is 25.9 Å². The predicted molar refractivity (Wildman–Crippen MR) is 386 cm³/mol. The highest BCUT2D eigenvalue weighted by molar-refractivity contribution is 7.71. The van der Waals surface area contributed by atoms with Crippen LogP contribution in [0, 0.1) is 21.1 Å². The van der Waals surface area contributed by atoms with Crippen molar-refractivity contribution in [2.75, 3.05) is 0 Å². The summed E-state index contributed by atoms with van der Waals surface area (Å²) < 4.78 is 5.59.